The molecule has 0 fully saturated rings. The van der Waals surface area contributed by atoms with Crippen molar-refractivity contribution in [3.05, 3.63) is 24.3 Å². The van der Waals surface area contributed by atoms with Crippen LogP contribution in [0.25, 0.3) is 0 Å². The van der Waals surface area contributed by atoms with Crippen molar-refractivity contribution in [1.29, 1.82) is 0 Å². The summed E-state index contributed by atoms with van der Waals surface area (Å²) < 4.78 is 11.4. The highest BCUT2D eigenvalue weighted by Crippen LogP contribution is 2.18. The van der Waals surface area contributed by atoms with Crippen LogP contribution in [0.15, 0.2) is 24.3 Å². The number of hydrogen-bond acceptors (Lipinski definition) is 3. The van der Waals surface area contributed by atoms with Gasteiger partial charge in [-0.3, -0.25) is 0 Å². The average Bonchev–Trinajstić information content (AvgIpc) is 2.35. The molecule has 1 rings (SSSR count). The van der Waals surface area contributed by atoms with Crippen LogP contribution >= 0.6 is 0 Å². The second-order valence-corrected chi connectivity index (χ2v) is 5.88. The van der Waals surface area contributed by atoms with E-state index in [-0.39, 0.29) is 11.6 Å². The molecular weight excluding hydrogens is 238 g/mol. The Morgan fingerprint density at radius 1 is 1.11 bits per heavy atom. The van der Waals surface area contributed by atoms with Crippen molar-refractivity contribution in [1.82, 2.24) is 5.32 Å². The quantitative estimate of drug-likeness (QED) is 0.816. The van der Waals surface area contributed by atoms with Crippen molar-refractivity contribution in [3.63, 3.8) is 0 Å². The molecule has 1 atom stereocenters. The van der Waals surface area contributed by atoms with Gasteiger partial charge in [-0.2, -0.15) is 0 Å². The number of hydrogen-bond donors (Lipinski definition) is 1. The van der Waals surface area contributed by atoms with E-state index in [2.05, 4.69) is 39.9 Å². The fraction of sp³-hybridized carbons (Fsp3) is 0.625. The molecule has 1 N–H and O–H groups in total. The van der Waals surface area contributed by atoms with Crippen LogP contribution in [0.1, 0.15) is 41.0 Å². The lowest BCUT2D eigenvalue weighted by Gasteiger charge is -2.24. The average molecular weight is 265 g/mol. The number of rotatable bonds is 7. The van der Waals surface area contributed by atoms with Gasteiger partial charge in [0.2, 0.25) is 0 Å². The van der Waals surface area contributed by atoms with Gasteiger partial charge in [0.1, 0.15) is 17.6 Å². The Bertz CT molecular complexity index is 354. The topological polar surface area (TPSA) is 30.5 Å². The second-order valence-electron chi connectivity index (χ2n) is 5.88. The molecule has 1 unspecified atom stereocenters. The van der Waals surface area contributed by atoms with Gasteiger partial charge in [-0.15, -0.1) is 0 Å². The first kappa shape index (κ1) is 15.8. The van der Waals surface area contributed by atoms with Gasteiger partial charge >= 0.3 is 0 Å². The second kappa shape index (κ2) is 7.39. The molecule has 0 aliphatic heterocycles. The standard InChI is InChI=1S/C16H27NO2/c1-6-11-18-14-7-9-15(10-8-14)19-13(2)12-17-16(3,4)5/h7-10,13,17H,6,11-12H2,1-5H3. The maximum atomic E-state index is 5.85. The van der Waals surface area contributed by atoms with Crippen molar-refractivity contribution in [2.24, 2.45) is 0 Å². The molecule has 0 bridgehead atoms. The SMILES string of the molecule is CCCOc1ccc(OC(C)CNC(C)(C)C)cc1. The summed E-state index contributed by atoms with van der Waals surface area (Å²) in [4.78, 5) is 0. The maximum absolute atomic E-state index is 5.85. The lowest BCUT2D eigenvalue weighted by molar-refractivity contribution is 0.203. The molecule has 0 heterocycles. The summed E-state index contributed by atoms with van der Waals surface area (Å²) in [5, 5.41) is 3.43. The van der Waals surface area contributed by atoms with Gasteiger partial charge in [0.05, 0.1) is 6.61 Å². The van der Waals surface area contributed by atoms with Crippen LogP contribution < -0.4 is 14.8 Å². The summed E-state index contributed by atoms with van der Waals surface area (Å²) in [6, 6.07) is 7.82. The molecule has 0 radical (unpaired) electrons. The molecular formula is C16H27NO2. The first-order valence-corrected chi connectivity index (χ1v) is 7.05. The van der Waals surface area contributed by atoms with Crippen molar-refractivity contribution in [3.8, 4) is 11.5 Å². The van der Waals surface area contributed by atoms with Crippen LogP contribution in [-0.4, -0.2) is 24.8 Å². The third-order valence-electron chi connectivity index (χ3n) is 2.55. The number of benzene rings is 1. The Morgan fingerprint density at radius 2 is 1.68 bits per heavy atom. The van der Waals surface area contributed by atoms with Gasteiger partial charge in [0.15, 0.2) is 0 Å². The molecule has 3 heteroatoms. The lowest BCUT2D eigenvalue weighted by Crippen LogP contribution is -2.41. The maximum Gasteiger partial charge on any atom is 0.120 e. The third kappa shape index (κ3) is 7.06. The summed E-state index contributed by atoms with van der Waals surface area (Å²) in [6.07, 6.45) is 1.16. The lowest BCUT2D eigenvalue weighted by atomic mass is 10.1. The first-order valence-electron chi connectivity index (χ1n) is 7.05. The zero-order valence-corrected chi connectivity index (χ0v) is 12.8. The molecule has 3 nitrogen and oxygen atoms in total. The van der Waals surface area contributed by atoms with Gasteiger partial charge in [0.25, 0.3) is 0 Å². The van der Waals surface area contributed by atoms with E-state index in [1.165, 1.54) is 0 Å². The van der Waals surface area contributed by atoms with E-state index in [9.17, 15) is 0 Å². The molecule has 1 aromatic carbocycles. The highest BCUT2D eigenvalue weighted by molar-refractivity contribution is 5.31. The number of nitrogens with one attached hydrogen (secondary N) is 1. The van der Waals surface area contributed by atoms with E-state index in [4.69, 9.17) is 9.47 Å². The van der Waals surface area contributed by atoms with E-state index in [1.807, 2.05) is 24.3 Å². The Labute approximate surface area is 117 Å². The molecule has 0 saturated heterocycles. The zero-order chi connectivity index (χ0) is 14.3. The molecule has 0 aromatic heterocycles. The molecule has 0 aliphatic rings. The Kier molecular flexibility index (Phi) is 6.16. The molecule has 0 spiro atoms. The Morgan fingerprint density at radius 3 is 2.21 bits per heavy atom. The zero-order valence-electron chi connectivity index (χ0n) is 12.8. The van der Waals surface area contributed by atoms with Crippen molar-refractivity contribution >= 4 is 0 Å². The van der Waals surface area contributed by atoms with E-state index >= 15 is 0 Å². The summed E-state index contributed by atoms with van der Waals surface area (Å²) >= 11 is 0. The van der Waals surface area contributed by atoms with E-state index in [0.717, 1.165) is 31.1 Å². The summed E-state index contributed by atoms with van der Waals surface area (Å²) in [5.41, 5.74) is 0.121. The van der Waals surface area contributed by atoms with Gasteiger partial charge in [-0.1, -0.05) is 6.92 Å². The van der Waals surface area contributed by atoms with Crippen LogP contribution in [0.2, 0.25) is 0 Å². The van der Waals surface area contributed by atoms with Gasteiger partial charge in [0, 0.05) is 12.1 Å². The normalized spacial score (nSPS) is 13.1. The summed E-state index contributed by atoms with van der Waals surface area (Å²) in [5.74, 6) is 1.78. The minimum Gasteiger partial charge on any atom is -0.494 e. The largest absolute Gasteiger partial charge is 0.494 e. The molecule has 0 aliphatic carbocycles. The van der Waals surface area contributed by atoms with Gasteiger partial charge in [-0.25, -0.2) is 0 Å². The van der Waals surface area contributed by atoms with Crippen molar-refractivity contribution in [2.75, 3.05) is 13.2 Å². The number of ether oxygens (including phenoxy) is 2. The van der Waals surface area contributed by atoms with Crippen LogP contribution in [-0.2, 0) is 0 Å². The minimum atomic E-state index is 0.121. The van der Waals surface area contributed by atoms with Crippen LogP contribution in [0, 0.1) is 0 Å². The summed E-state index contributed by atoms with van der Waals surface area (Å²) in [6.45, 7) is 12.2. The smallest absolute Gasteiger partial charge is 0.120 e. The van der Waals surface area contributed by atoms with Crippen molar-refractivity contribution in [2.45, 2.75) is 52.7 Å². The first-order chi connectivity index (χ1) is 8.90. The third-order valence-corrected chi connectivity index (χ3v) is 2.55. The predicted molar refractivity (Wildman–Crippen MR) is 80.1 cm³/mol. The predicted octanol–water partition coefficient (Wildman–Crippen LogP) is 3.63. The van der Waals surface area contributed by atoms with Crippen LogP contribution in [0.5, 0.6) is 11.5 Å². The monoisotopic (exact) mass is 265 g/mol. The van der Waals surface area contributed by atoms with Crippen LogP contribution in [0.3, 0.4) is 0 Å². The summed E-state index contributed by atoms with van der Waals surface area (Å²) in [7, 11) is 0. The minimum absolute atomic E-state index is 0.121. The Balaban J connectivity index is 2.40. The molecule has 0 saturated carbocycles. The van der Waals surface area contributed by atoms with Gasteiger partial charge < -0.3 is 14.8 Å². The van der Waals surface area contributed by atoms with E-state index < -0.39 is 0 Å². The molecule has 108 valence electrons. The molecule has 1 aromatic rings. The molecule has 19 heavy (non-hydrogen) atoms. The fourth-order valence-corrected chi connectivity index (χ4v) is 1.56. The Hall–Kier alpha value is -1.22. The van der Waals surface area contributed by atoms with E-state index in [0.29, 0.717) is 0 Å². The van der Waals surface area contributed by atoms with Crippen molar-refractivity contribution < 1.29 is 9.47 Å². The highest BCUT2D eigenvalue weighted by Gasteiger charge is 2.11. The van der Waals surface area contributed by atoms with Gasteiger partial charge in [-0.05, 0) is 58.4 Å². The highest BCUT2D eigenvalue weighted by atomic mass is 16.5. The van der Waals surface area contributed by atoms with Crippen LogP contribution in [0.4, 0.5) is 0 Å². The van der Waals surface area contributed by atoms with E-state index in [1.54, 1.807) is 0 Å². The molecule has 0 amide bonds. The fourth-order valence-electron chi connectivity index (χ4n) is 1.56.